The van der Waals surface area contributed by atoms with Crippen LogP contribution in [0.4, 0.5) is 0 Å². The molecule has 7 atom stereocenters. The Morgan fingerprint density at radius 3 is 2.41 bits per heavy atom. The minimum absolute atomic E-state index is 0.203. The van der Waals surface area contributed by atoms with E-state index in [-0.39, 0.29) is 16.7 Å². The molecule has 1 aliphatic heterocycles. The first-order valence-electron chi connectivity index (χ1n) is 15.4. The Bertz CT molecular complexity index is 962. The molecular weight excluding hydrogens is 456 g/mol. The highest BCUT2D eigenvalue weighted by atomic mass is 16.2. The van der Waals surface area contributed by atoms with Crippen molar-refractivity contribution in [1.29, 1.82) is 0 Å². The lowest BCUT2D eigenvalue weighted by atomic mass is 9.47. The van der Waals surface area contributed by atoms with Crippen LogP contribution < -0.4 is 0 Å². The average molecular weight is 507 g/mol. The number of fused-ring (bicyclic) bond motifs is 5. The molecule has 0 unspecified atom stereocenters. The van der Waals surface area contributed by atoms with Gasteiger partial charge in [0.15, 0.2) is 0 Å². The summed E-state index contributed by atoms with van der Waals surface area (Å²) in [6.45, 7) is 8.20. The number of likely N-dealkylation sites (tertiary alicyclic amines) is 1. The second-order valence-electron chi connectivity index (χ2n) is 13.4. The first kappa shape index (κ1) is 26.8. The lowest BCUT2D eigenvalue weighted by Gasteiger charge is -2.62. The fourth-order valence-electron chi connectivity index (χ4n) is 9.67. The maximum atomic E-state index is 13.9. The summed E-state index contributed by atoms with van der Waals surface area (Å²) in [5.41, 5.74) is 1.30. The monoisotopic (exact) mass is 506 g/mol. The molecule has 1 aromatic rings. The standard InChI is InChI=1S/C33H50N2O2/c1-5-6-7-8-12-23-35(31(37)24-13-10-9-11-14-24)29-18-16-26-25-15-17-28-32(2,22-20-30(36)34(28)4)27(25)19-21-33(26,29)3/h9-11,13-14,25-29H,5-8,12,15-23H2,1-4H3/t25-,26-,27-,28+,29-,32+,33-/m0/s1. The first-order chi connectivity index (χ1) is 17.8. The van der Waals surface area contributed by atoms with Gasteiger partial charge in [-0.1, -0.05) is 64.7 Å². The van der Waals surface area contributed by atoms with Crippen molar-refractivity contribution in [3.63, 3.8) is 0 Å². The zero-order chi connectivity index (χ0) is 26.2. The molecule has 4 heteroatoms. The summed E-state index contributed by atoms with van der Waals surface area (Å²) in [7, 11) is 2.05. The predicted octanol–water partition coefficient (Wildman–Crippen LogP) is 7.33. The number of nitrogens with zero attached hydrogens (tertiary/aromatic N) is 2. The molecular formula is C33H50N2O2. The molecule has 204 valence electrons. The van der Waals surface area contributed by atoms with Gasteiger partial charge in [0, 0.05) is 37.7 Å². The maximum absolute atomic E-state index is 13.9. The zero-order valence-electron chi connectivity index (χ0n) is 23.9. The summed E-state index contributed by atoms with van der Waals surface area (Å²) in [5, 5.41) is 0. The number of carbonyl (C=O) groups excluding carboxylic acids is 2. The van der Waals surface area contributed by atoms with Crippen LogP contribution in [0.15, 0.2) is 30.3 Å². The number of hydrogen-bond acceptors (Lipinski definition) is 2. The van der Waals surface area contributed by atoms with Crippen LogP contribution in [-0.4, -0.2) is 47.3 Å². The quantitative estimate of drug-likeness (QED) is 0.346. The van der Waals surface area contributed by atoms with E-state index in [1.807, 2.05) is 30.3 Å². The molecule has 0 bridgehead atoms. The van der Waals surface area contributed by atoms with E-state index in [9.17, 15) is 9.59 Å². The van der Waals surface area contributed by atoms with E-state index in [0.717, 1.165) is 43.7 Å². The molecule has 3 aliphatic carbocycles. The predicted molar refractivity (Wildman–Crippen MR) is 150 cm³/mol. The Morgan fingerprint density at radius 2 is 1.65 bits per heavy atom. The molecule has 2 amide bonds. The second kappa shape index (κ2) is 10.7. The second-order valence-corrected chi connectivity index (χ2v) is 13.4. The van der Waals surface area contributed by atoms with Crippen LogP contribution in [0.1, 0.15) is 115 Å². The Kier molecular flexibility index (Phi) is 7.76. The molecule has 4 nitrogen and oxygen atoms in total. The van der Waals surface area contributed by atoms with E-state index in [4.69, 9.17) is 0 Å². The molecule has 0 aromatic heterocycles. The highest BCUT2D eigenvalue weighted by molar-refractivity contribution is 5.94. The minimum Gasteiger partial charge on any atom is -0.342 e. The number of benzene rings is 1. The summed E-state index contributed by atoms with van der Waals surface area (Å²) in [4.78, 5) is 30.9. The van der Waals surface area contributed by atoms with Gasteiger partial charge in [-0.3, -0.25) is 9.59 Å². The molecule has 0 N–H and O–H groups in total. The molecule has 37 heavy (non-hydrogen) atoms. The van der Waals surface area contributed by atoms with Crippen molar-refractivity contribution in [3.05, 3.63) is 35.9 Å². The average Bonchev–Trinajstić information content (AvgIpc) is 3.26. The smallest absolute Gasteiger partial charge is 0.254 e. The fourth-order valence-corrected chi connectivity index (χ4v) is 9.67. The summed E-state index contributed by atoms with van der Waals surface area (Å²) < 4.78 is 0. The Balaban J connectivity index is 1.37. The lowest BCUT2D eigenvalue weighted by Crippen LogP contribution is -2.62. The molecule has 5 rings (SSSR count). The van der Waals surface area contributed by atoms with Gasteiger partial charge in [-0.25, -0.2) is 0 Å². The maximum Gasteiger partial charge on any atom is 0.254 e. The van der Waals surface area contributed by atoms with Gasteiger partial charge >= 0.3 is 0 Å². The Labute approximate surface area is 225 Å². The zero-order valence-corrected chi connectivity index (χ0v) is 23.9. The summed E-state index contributed by atoms with van der Waals surface area (Å²) >= 11 is 0. The number of carbonyl (C=O) groups is 2. The van der Waals surface area contributed by atoms with Gasteiger partial charge < -0.3 is 9.80 Å². The van der Waals surface area contributed by atoms with Gasteiger partial charge in [-0.15, -0.1) is 0 Å². The van der Waals surface area contributed by atoms with E-state index in [1.54, 1.807) is 0 Å². The van der Waals surface area contributed by atoms with Crippen LogP contribution >= 0.6 is 0 Å². The largest absolute Gasteiger partial charge is 0.342 e. The lowest BCUT2D eigenvalue weighted by molar-refractivity contribution is -0.158. The van der Waals surface area contributed by atoms with Crippen molar-refractivity contribution in [3.8, 4) is 0 Å². The molecule has 4 fully saturated rings. The van der Waals surface area contributed by atoms with Gasteiger partial charge in [0.2, 0.25) is 5.91 Å². The third-order valence-corrected chi connectivity index (χ3v) is 11.7. The van der Waals surface area contributed by atoms with Gasteiger partial charge in [0.05, 0.1) is 0 Å². The number of hydrogen-bond donors (Lipinski definition) is 0. The van der Waals surface area contributed by atoms with Crippen molar-refractivity contribution in [2.45, 2.75) is 116 Å². The van der Waals surface area contributed by atoms with Crippen molar-refractivity contribution in [2.24, 2.45) is 28.6 Å². The first-order valence-corrected chi connectivity index (χ1v) is 15.4. The van der Waals surface area contributed by atoms with E-state index in [1.165, 1.54) is 51.4 Å². The summed E-state index contributed by atoms with van der Waals surface area (Å²) in [5.74, 6) is 2.74. The number of amides is 2. The van der Waals surface area contributed by atoms with Crippen LogP contribution in [0.2, 0.25) is 0 Å². The molecule has 0 spiro atoms. The van der Waals surface area contributed by atoms with E-state index >= 15 is 0 Å². The SMILES string of the molecule is CCCCCCCN(C(=O)c1ccccc1)[C@H]1CC[C@H]2[C@@H]3CC[C@H]4N(C)C(=O)CC[C@]4(C)[C@H]3CC[C@]12C. The van der Waals surface area contributed by atoms with Crippen molar-refractivity contribution >= 4 is 11.8 Å². The van der Waals surface area contributed by atoms with E-state index in [0.29, 0.717) is 36.2 Å². The normalized spacial score (nSPS) is 37.0. The van der Waals surface area contributed by atoms with E-state index in [2.05, 4.69) is 37.6 Å². The highest BCUT2D eigenvalue weighted by Gasteiger charge is 2.62. The Hall–Kier alpha value is -1.84. The van der Waals surface area contributed by atoms with Crippen LogP contribution in [-0.2, 0) is 4.79 Å². The van der Waals surface area contributed by atoms with Crippen LogP contribution in [0.5, 0.6) is 0 Å². The van der Waals surface area contributed by atoms with Crippen LogP contribution in [0.3, 0.4) is 0 Å². The molecule has 1 saturated heterocycles. The fraction of sp³-hybridized carbons (Fsp3) is 0.758. The number of unbranched alkanes of at least 4 members (excludes halogenated alkanes) is 4. The third kappa shape index (κ3) is 4.65. The van der Waals surface area contributed by atoms with Crippen LogP contribution in [0.25, 0.3) is 0 Å². The highest BCUT2D eigenvalue weighted by Crippen LogP contribution is 2.65. The summed E-state index contributed by atoms with van der Waals surface area (Å²) in [6, 6.07) is 10.8. The number of piperidine rings is 1. The van der Waals surface area contributed by atoms with Crippen molar-refractivity contribution in [1.82, 2.24) is 9.80 Å². The molecule has 0 radical (unpaired) electrons. The Morgan fingerprint density at radius 1 is 0.919 bits per heavy atom. The minimum atomic E-state index is 0.203. The van der Waals surface area contributed by atoms with Crippen LogP contribution in [0, 0.1) is 28.6 Å². The molecule has 3 saturated carbocycles. The van der Waals surface area contributed by atoms with Gasteiger partial charge in [-0.05, 0) is 92.1 Å². The molecule has 1 aromatic carbocycles. The third-order valence-electron chi connectivity index (χ3n) is 11.7. The number of rotatable bonds is 8. The van der Waals surface area contributed by atoms with Crippen molar-refractivity contribution in [2.75, 3.05) is 13.6 Å². The molecule has 4 aliphatic rings. The van der Waals surface area contributed by atoms with Gasteiger partial charge in [0.25, 0.3) is 5.91 Å². The summed E-state index contributed by atoms with van der Waals surface area (Å²) in [6.07, 6.45) is 15.2. The van der Waals surface area contributed by atoms with Gasteiger partial charge in [0.1, 0.15) is 0 Å². The topological polar surface area (TPSA) is 40.6 Å². The van der Waals surface area contributed by atoms with Crippen molar-refractivity contribution < 1.29 is 9.59 Å². The van der Waals surface area contributed by atoms with Gasteiger partial charge in [-0.2, -0.15) is 0 Å². The molecule has 1 heterocycles. The van der Waals surface area contributed by atoms with E-state index < -0.39 is 0 Å².